The van der Waals surface area contributed by atoms with Crippen LogP contribution < -0.4 is 5.73 Å². The first kappa shape index (κ1) is 12.7. The highest BCUT2D eigenvalue weighted by molar-refractivity contribution is 8.00. The van der Waals surface area contributed by atoms with E-state index < -0.39 is 0 Å². The van der Waals surface area contributed by atoms with Crippen LogP contribution in [0.3, 0.4) is 0 Å². The summed E-state index contributed by atoms with van der Waals surface area (Å²) < 4.78 is 13.7. The molecule has 1 unspecified atom stereocenters. The van der Waals surface area contributed by atoms with E-state index in [1.165, 1.54) is 12.5 Å². The maximum Gasteiger partial charge on any atom is 0.129 e. The molecule has 0 radical (unpaired) electrons. The summed E-state index contributed by atoms with van der Waals surface area (Å²) in [5.41, 5.74) is 7.05. The van der Waals surface area contributed by atoms with Gasteiger partial charge >= 0.3 is 0 Å². The quantitative estimate of drug-likeness (QED) is 0.841. The monoisotopic (exact) mass is 254 g/mol. The average Bonchev–Trinajstić information content (AvgIpc) is 2.34. The highest BCUT2D eigenvalue weighted by Gasteiger charge is 2.20. The van der Waals surface area contributed by atoms with E-state index in [1.54, 1.807) is 12.1 Å². The largest absolute Gasteiger partial charge is 0.398 e. The fourth-order valence-electron chi connectivity index (χ4n) is 2.14. The SMILES string of the molecule is CCC1CN(Cc2c(N)cccc2F)CCS1. The van der Waals surface area contributed by atoms with Crippen molar-refractivity contribution in [2.24, 2.45) is 0 Å². The van der Waals surface area contributed by atoms with E-state index in [0.717, 1.165) is 18.8 Å². The molecule has 1 fully saturated rings. The maximum atomic E-state index is 13.7. The number of nitrogen functional groups attached to an aromatic ring is 1. The van der Waals surface area contributed by atoms with Gasteiger partial charge in [0.1, 0.15) is 5.82 Å². The number of rotatable bonds is 3. The lowest BCUT2D eigenvalue weighted by molar-refractivity contribution is 0.270. The molecule has 4 heteroatoms. The maximum absolute atomic E-state index is 13.7. The fraction of sp³-hybridized carbons (Fsp3) is 0.538. The van der Waals surface area contributed by atoms with Crippen LogP contribution in [0.1, 0.15) is 18.9 Å². The molecule has 0 spiro atoms. The van der Waals surface area contributed by atoms with Gasteiger partial charge in [0.05, 0.1) is 0 Å². The number of nitrogens with zero attached hydrogens (tertiary/aromatic N) is 1. The summed E-state index contributed by atoms with van der Waals surface area (Å²) in [4.78, 5) is 2.31. The Balaban J connectivity index is 2.05. The van der Waals surface area contributed by atoms with Gasteiger partial charge in [0.2, 0.25) is 0 Å². The lowest BCUT2D eigenvalue weighted by atomic mass is 10.1. The summed E-state index contributed by atoms with van der Waals surface area (Å²) in [6.07, 6.45) is 1.17. The molecule has 1 saturated heterocycles. The van der Waals surface area contributed by atoms with Crippen LogP contribution in [0.5, 0.6) is 0 Å². The minimum atomic E-state index is -0.184. The van der Waals surface area contributed by atoms with Gasteiger partial charge in [-0.25, -0.2) is 4.39 Å². The van der Waals surface area contributed by atoms with Gasteiger partial charge in [-0.3, -0.25) is 4.90 Å². The number of thioether (sulfide) groups is 1. The molecule has 0 amide bonds. The number of hydrogen-bond donors (Lipinski definition) is 1. The predicted molar refractivity (Wildman–Crippen MR) is 72.6 cm³/mol. The van der Waals surface area contributed by atoms with Gasteiger partial charge in [-0.2, -0.15) is 11.8 Å². The topological polar surface area (TPSA) is 29.3 Å². The van der Waals surface area contributed by atoms with Crippen molar-refractivity contribution in [1.29, 1.82) is 0 Å². The lowest BCUT2D eigenvalue weighted by Crippen LogP contribution is -2.37. The number of hydrogen-bond acceptors (Lipinski definition) is 3. The molecular weight excluding hydrogens is 235 g/mol. The molecule has 1 aliphatic rings. The van der Waals surface area contributed by atoms with Crippen LogP contribution in [0.4, 0.5) is 10.1 Å². The van der Waals surface area contributed by atoms with Crippen LogP contribution in [0.25, 0.3) is 0 Å². The molecule has 2 rings (SSSR count). The van der Waals surface area contributed by atoms with Gasteiger partial charge in [0, 0.05) is 41.9 Å². The van der Waals surface area contributed by atoms with Gasteiger partial charge in [0.15, 0.2) is 0 Å². The molecule has 94 valence electrons. The van der Waals surface area contributed by atoms with E-state index >= 15 is 0 Å². The van der Waals surface area contributed by atoms with Crippen molar-refractivity contribution in [2.75, 3.05) is 24.6 Å². The Morgan fingerprint density at radius 2 is 2.35 bits per heavy atom. The minimum absolute atomic E-state index is 0.184. The summed E-state index contributed by atoms with van der Waals surface area (Å²) in [5.74, 6) is 0.948. The Morgan fingerprint density at radius 3 is 3.06 bits per heavy atom. The summed E-state index contributed by atoms with van der Waals surface area (Å²) in [5, 5.41) is 0.678. The second kappa shape index (κ2) is 5.74. The molecule has 0 bridgehead atoms. The molecule has 1 aliphatic heterocycles. The zero-order valence-corrected chi connectivity index (χ0v) is 11.0. The summed E-state index contributed by atoms with van der Waals surface area (Å²) in [6.45, 7) is 4.90. The number of halogens is 1. The number of anilines is 1. The zero-order valence-electron chi connectivity index (χ0n) is 10.2. The van der Waals surface area contributed by atoms with Crippen molar-refractivity contribution < 1.29 is 4.39 Å². The smallest absolute Gasteiger partial charge is 0.129 e. The van der Waals surface area contributed by atoms with E-state index in [9.17, 15) is 4.39 Å². The summed E-state index contributed by atoms with van der Waals surface area (Å²) >= 11 is 2.02. The third kappa shape index (κ3) is 3.13. The van der Waals surface area contributed by atoms with Gasteiger partial charge in [0.25, 0.3) is 0 Å². The van der Waals surface area contributed by atoms with Gasteiger partial charge in [-0.1, -0.05) is 13.0 Å². The van der Waals surface area contributed by atoms with Gasteiger partial charge in [-0.05, 0) is 18.6 Å². The van der Waals surface area contributed by atoms with Crippen molar-refractivity contribution >= 4 is 17.4 Å². The van der Waals surface area contributed by atoms with E-state index in [1.807, 2.05) is 11.8 Å². The van der Waals surface area contributed by atoms with Crippen molar-refractivity contribution in [3.05, 3.63) is 29.6 Å². The predicted octanol–water partition coefficient (Wildman–Crippen LogP) is 2.74. The highest BCUT2D eigenvalue weighted by atomic mass is 32.2. The van der Waals surface area contributed by atoms with Crippen molar-refractivity contribution in [3.63, 3.8) is 0 Å². The average molecular weight is 254 g/mol. The normalized spacial score (nSPS) is 21.6. The van der Waals surface area contributed by atoms with Crippen molar-refractivity contribution in [1.82, 2.24) is 4.90 Å². The second-order valence-corrected chi connectivity index (χ2v) is 5.85. The van der Waals surface area contributed by atoms with E-state index in [4.69, 9.17) is 5.73 Å². The van der Waals surface area contributed by atoms with E-state index in [-0.39, 0.29) is 5.82 Å². The molecule has 2 N–H and O–H groups in total. The first-order valence-electron chi connectivity index (χ1n) is 6.07. The third-order valence-corrected chi connectivity index (χ3v) is 4.59. The second-order valence-electron chi connectivity index (χ2n) is 4.44. The Labute approximate surface area is 106 Å². The van der Waals surface area contributed by atoms with Gasteiger partial charge < -0.3 is 5.73 Å². The molecule has 0 aromatic heterocycles. The number of benzene rings is 1. The summed E-state index contributed by atoms with van der Waals surface area (Å²) in [6, 6.07) is 4.92. The lowest BCUT2D eigenvalue weighted by Gasteiger charge is -2.32. The minimum Gasteiger partial charge on any atom is -0.398 e. The molecule has 0 aliphatic carbocycles. The molecule has 17 heavy (non-hydrogen) atoms. The highest BCUT2D eigenvalue weighted by Crippen LogP contribution is 2.24. The van der Waals surface area contributed by atoms with E-state index in [0.29, 0.717) is 23.0 Å². The molecular formula is C13H19FN2S. The van der Waals surface area contributed by atoms with Crippen LogP contribution in [-0.4, -0.2) is 29.0 Å². The first-order chi connectivity index (χ1) is 8.20. The zero-order chi connectivity index (χ0) is 12.3. The molecule has 1 aromatic carbocycles. The Hall–Kier alpha value is -0.740. The third-order valence-electron chi connectivity index (χ3n) is 3.22. The Kier molecular flexibility index (Phi) is 4.29. The van der Waals surface area contributed by atoms with Gasteiger partial charge in [-0.15, -0.1) is 0 Å². The molecule has 1 aromatic rings. The standard InChI is InChI=1S/C13H19FN2S/c1-2-10-8-16(6-7-17-10)9-11-12(14)4-3-5-13(11)15/h3-5,10H,2,6-9,15H2,1H3. The molecule has 1 atom stereocenters. The Bertz CT molecular complexity index is 363. The van der Waals surface area contributed by atoms with Crippen LogP contribution >= 0.6 is 11.8 Å². The molecule has 1 heterocycles. The van der Waals surface area contributed by atoms with Crippen LogP contribution in [0.15, 0.2) is 18.2 Å². The first-order valence-corrected chi connectivity index (χ1v) is 7.12. The molecule has 0 saturated carbocycles. The summed E-state index contributed by atoms with van der Waals surface area (Å²) in [7, 11) is 0. The van der Waals surface area contributed by atoms with Crippen LogP contribution in [0, 0.1) is 5.82 Å². The fourth-order valence-corrected chi connectivity index (χ4v) is 3.39. The van der Waals surface area contributed by atoms with E-state index in [2.05, 4.69) is 11.8 Å². The Morgan fingerprint density at radius 1 is 1.53 bits per heavy atom. The number of nitrogens with two attached hydrogens (primary N) is 1. The van der Waals surface area contributed by atoms with Crippen LogP contribution in [0.2, 0.25) is 0 Å². The van der Waals surface area contributed by atoms with Crippen molar-refractivity contribution in [3.8, 4) is 0 Å². The van der Waals surface area contributed by atoms with Crippen LogP contribution in [-0.2, 0) is 6.54 Å². The molecule has 2 nitrogen and oxygen atoms in total. The van der Waals surface area contributed by atoms with Crippen molar-refractivity contribution in [2.45, 2.75) is 25.1 Å².